The molecule has 2 rings (SSSR count). The van der Waals surface area contributed by atoms with E-state index in [1.165, 1.54) is 0 Å². The Hall–Kier alpha value is -0.870. The lowest BCUT2D eigenvalue weighted by Crippen LogP contribution is -2.47. The van der Waals surface area contributed by atoms with Gasteiger partial charge in [0.15, 0.2) is 0 Å². The third-order valence-electron chi connectivity index (χ3n) is 3.14. The van der Waals surface area contributed by atoms with Crippen LogP contribution in [-0.4, -0.2) is 35.5 Å². The van der Waals surface area contributed by atoms with Crippen molar-refractivity contribution < 1.29 is 19.4 Å². The Morgan fingerprint density at radius 3 is 3.00 bits per heavy atom. The fraction of sp³-hybridized carbons (Fsp3) is 0.727. The molecule has 0 aromatic carbocycles. The van der Waals surface area contributed by atoms with Crippen LogP contribution in [0.25, 0.3) is 0 Å². The smallest absolute Gasteiger partial charge is 0.308 e. The van der Waals surface area contributed by atoms with Gasteiger partial charge in [0.25, 0.3) is 0 Å². The number of hydrogen-bond acceptors (Lipinski definition) is 4. The van der Waals surface area contributed by atoms with Gasteiger partial charge in [-0.1, -0.05) is 13.0 Å². The standard InChI is InChI=1S/C11H16O4/c1-3-6(2)11-7(12)4-8-9(15-11)5-10(13)14-8/h3,6-9,11-12H,1,4-5H2,2H3/t6-,7-,8+,9+,11-/m0/s1. The molecule has 15 heavy (non-hydrogen) atoms. The Labute approximate surface area is 88.9 Å². The van der Waals surface area contributed by atoms with Gasteiger partial charge < -0.3 is 14.6 Å². The highest BCUT2D eigenvalue weighted by Gasteiger charge is 2.45. The monoisotopic (exact) mass is 212 g/mol. The first-order chi connectivity index (χ1) is 7.11. The zero-order chi connectivity index (χ0) is 11.0. The molecule has 0 aliphatic carbocycles. The summed E-state index contributed by atoms with van der Waals surface area (Å²) in [6.07, 6.45) is 1.24. The van der Waals surface area contributed by atoms with Gasteiger partial charge in [-0.05, 0) is 0 Å². The van der Waals surface area contributed by atoms with E-state index >= 15 is 0 Å². The van der Waals surface area contributed by atoms with E-state index in [4.69, 9.17) is 9.47 Å². The molecule has 0 aromatic heterocycles. The summed E-state index contributed by atoms with van der Waals surface area (Å²) in [6, 6.07) is 0. The Balaban J connectivity index is 2.06. The Morgan fingerprint density at radius 1 is 1.60 bits per heavy atom. The van der Waals surface area contributed by atoms with Crippen LogP contribution in [0, 0.1) is 5.92 Å². The molecule has 2 heterocycles. The van der Waals surface area contributed by atoms with Crippen LogP contribution in [0.3, 0.4) is 0 Å². The fourth-order valence-corrected chi connectivity index (χ4v) is 2.20. The maximum atomic E-state index is 11.1. The predicted octanol–water partition coefficient (Wildman–Crippen LogP) is 0.642. The first-order valence-electron chi connectivity index (χ1n) is 5.27. The van der Waals surface area contributed by atoms with Crippen LogP contribution < -0.4 is 0 Å². The quantitative estimate of drug-likeness (QED) is 0.539. The molecular weight excluding hydrogens is 196 g/mol. The predicted molar refractivity (Wildman–Crippen MR) is 53.1 cm³/mol. The summed E-state index contributed by atoms with van der Waals surface area (Å²) < 4.78 is 10.7. The SMILES string of the molecule is C=C[C@H](C)[C@@H]1O[C@@H]2CC(=O)O[C@@H]2C[C@@H]1O. The average molecular weight is 212 g/mol. The summed E-state index contributed by atoms with van der Waals surface area (Å²) in [5, 5.41) is 9.84. The average Bonchev–Trinajstić information content (AvgIpc) is 2.55. The second-order valence-corrected chi connectivity index (χ2v) is 4.27. The highest BCUT2D eigenvalue weighted by Crippen LogP contribution is 2.32. The number of carbonyl (C=O) groups is 1. The van der Waals surface area contributed by atoms with Gasteiger partial charge in [0, 0.05) is 12.3 Å². The highest BCUT2D eigenvalue weighted by molar-refractivity contribution is 5.72. The molecule has 0 unspecified atom stereocenters. The topological polar surface area (TPSA) is 55.8 Å². The lowest BCUT2D eigenvalue weighted by Gasteiger charge is -2.36. The minimum Gasteiger partial charge on any atom is -0.459 e. The van der Waals surface area contributed by atoms with E-state index in [1.807, 2.05) is 6.92 Å². The lowest BCUT2D eigenvalue weighted by atomic mass is 9.91. The summed E-state index contributed by atoms with van der Waals surface area (Å²) in [5.74, 6) is -0.152. The molecule has 84 valence electrons. The second kappa shape index (κ2) is 3.94. The van der Waals surface area contributed by atoms with Crippen LogP contribution in [0.1, 0.15) is 19.8 Å². The van der Waals surface area contributed by atoms with Crippen LogP contribution in [0.4, 0.5) is 0 Å². The number of ether oxygens (including phenoxy) is 2. The van der Waals surface area contributed by atoms with Crippen molar-refractivity contribution in [2.75, 3.05) is 0 Å². The van der Waals surface area contributed by atoms with E-state index in [1.54, 1.807) is 6.08 Å². The summed E-state index contributed by atoms with van der Waals surface area (Å²) >= 11 is 0. The van der Waals surface area contributed by atoms with Crippen molar-refractivity contribution in [2.45, 2.75) is 44.2 Å². The van der Waals surface area contributed by atoms with Crippen molar-refractivity contribution in [2.24, 2.45) is 5.92 Å². The van der Waals surface area contributed by atoms with E-state index < -0.39 is 6.10 Å². The number of aliphatic hydroxyl groups is 1. The van der Waals surface area contributed by atoms with Gasteiger partial charge in [-0.25, -0.2) is 0 Å². The van der Waals surface area contributed by atoms with E-state index in [9.17, 15) is 9.90 Å². The normalized spacial score (nSPS) is 41.9. The molecule has 5 atom stereocenters. The number of fused-ring (bicyclic) bond motifs is 1. The van der Waals surface area contributed by atoms with Crippen molar-refractivity contribution in [3.63, 3.8) is 0 Å². The third-order valence-corrected chi connectivity index (χ3v) is 3.14. The van der Waals surface area contributed by atoms with Crippen LogP contribution in [-0.2, 0) is 14.3 Å². The highest BCUT2D eigenvalue weighted by atomic mass is 16.6. The van der Waals surface area contributed by atoms with Crippen molar-refractivity contribution in [3.05, 3.63) is 12.7 Å². The summed E-state index contributed by atoms with van der Waals surface area (Å²) in [6.45, 7) is 5.62. The summed E-state index contributed by atoms with van der Waals surface area (Å²) in [4.78, 5) is 11.1. The minimum atomic E-state index is -0.579. The molecule has 1 N–H and O–H groups in total. The van der Waals surface area contributed by atoms with Crippen LogP contribution in [0.2, 0.25) is 0 Å². The van der Waals surface area contributed by atoms with Gasteiger partial charge in [-0.15, -0.1) is 6.58 Å². The Kier molecular flexibility index (Phi) is 2.80. The zero-order valence-corrected chi connectivity index (χ0v) is 8.76. The minimum absolute atomic E-state index is 0.0802. The fourth-order valence-electron chi connectivity index (χ4n) is 2.20. The van der Waals surface area contributed by atoms with E-state index in [2.05, 4.69) is 6.58 Å². The molecule has 0 bridgehead atoms. The Morgan fingerprint density at radius 2 is 2.33 bits per heavy atom. The molecule has 0 aromatic rings. The number of carbonyl (C=O) groups excluding carboxylic acids is 1. The molecule has 0 radical (unpaired) electrons. The molecule has 4 nitrogen and oxygen atoms in total. The van der Waals surface area contributed by atoms with Crippen LogP contribution >= 0.6 is 0 Å². The van der Waals surface area contributed by atoms with E-state index in [0.29, 0.717) is 12.8 Å². The van der Waals surface area contributed by atoms with Crippen molar-refractivity contribution in [3.8, 4) is 0 Å². The van der Waals surface area contributed by atoms with Gasteiger partial charge in [-0.3, -0.25) is 4.79 Å². The molecule has 4 heteroatoms. The number of rotatable bonds is 2. The first-order valence-corrected chi connectivity index (χ1v) is 5.27. The molecule has 2 aliphatic rings. The molecule has 0 amide bonds. The van der Waals surface area contributed by atoms with E-state index in [-0.39, 0.29) is 30.2 Å². The largest absolute Gasteiger partial charge is 0.459 e. The van der Waals surface area contributed by atoms with Gasteiger partial charge >= 0.3 is 5.97 Å². The van der Waals surface area contributed by atoms with Gasteiger partial charge in [0.2, 0.25) is 0 Å². The third kappa shape index (κ3) is 1.92. The van der Waals surface area contributed by atoms with Crippen LogP contribution in [0.15, 0.2) is 12.7 Å². The van der Waals surface area contributed by atoms with Crippen molar-refractivity contribution in [1.29, 1.82) is 0 Å². The molecule has 2 aliphatic heterocycles. The first kappa shape index (κ1) is 10.6. The number of hydrogen-bond donors (Lipinski definition) is 1. The molecule has 0 spiro atoms. The molecule has 0 saturated carbocycles. The summed E-state index contributed by atoms with van der Waals surface area (Å²) in [7, 11) is 0. The van der Waals surface area contributed by atoms with Crippen molar-refractivity contribution >= 4 is 5.97 Å². The number of esters is 1. The lowest BCUT2D eigenvalue weighted by molar-refractivity contribution is -0.166. The van der Waals surface area contributed by atoms with Gasteiger partial charge in [0.05, 0.1) is 18.6 Å². The summed E-state index contributed by atoms with van der Waals surface area (Å²) in [5.41, 5.74) is 0. The van der Waals surface area contributed by atoms with Crippen LogP contribution in [0.5, 0.6) is 0 Å². The molecular formula is C11H16O4. The second-order valence-electron chi connectivity index (χ2n) is 4.27. The Bertz CT molecular complexity index is 276. The maximum Gasteiger partial charge on any atom is 0.308 e. The molecule has 2 fully saturated rings. The van der Waals surface area contributed by atoms with Gasteiger partial charge in [0.1, 0.15) is 12.2 Å². The van der Waals surface area contributed by atoms with Crippen molar-refractivity contribution in [1.82, 2.24) is 0 Å². The van der Waals surface area contributed by atoms with E-state index in [0.717, 1.165) is 0 Å². The zero-order valence-electron chi connectivity index (χ0n) is 8.76. The maximum absolute atomic E-state index is 11.1. The van der Waals surface area contributed by atoms with Gasteiger partial charge in [-0.2, -0.15) is 0 Å². The number of aliphatic hydroxyl groups excluding tert-OH is 1. The molecule has 2 saturated heterocycles.